The van der Waals surface area contributed by atoms with Crippen LogP contribution in [0.3, 0.4) is 0 Å². The third-order valence-electron chi connectivity index (χ3n) is 2.84. The van der Waals surface area contributed by atoms with Crippen LogP contribution in [0.15, 0.2) is 41.3 Å². The largest absolute Gasteiger partial charge is 0.359 e. The number of hydrogen-bond acceptors (Lipinski definition) is 3. The van der Waals surface area contributed by atoms with Gasteiger partial charge in [-0.2, -0.15) is 0 Å². The van der Waals surface area contributed by atoms with Crippen molar-refractivity contribution in [3.63, 3.8) is 0 Å². The molecule has 3 rings (SSSR count). The van der Waals surface area contributed by atoms with E-state index in [0.717, 1.165) is 28.1 Å². The summed E-state index contributed by atoms with van der Waals surface area (Å²) in [5.41, 5.74) is 3.77. The minimum Gasteiger partial charge on any atom is -0.359 e. The lowest BCUT2D eigenvalue weighted by molar-refractivity contribution is 1.24. The molecule has 2 heterocycles. The van der Waals surface area contributed by atoms with Crippen molar-refractivity contribution in [3.05, 3.63) is 46.9 Å². The summed E-state index contributed by atoms with van der Waals surface area (Å²) in [7, 11) is 1.82. The van der Waals surface area contributed by atoms with Crippen LogP contribution in [-0.4, -0.2) is 22.0 Å². The number of fused-ring (bicyclic) bond motifs is 1. The lowest BCUT2D eigenvalue weighted by Gasteiger charge is -2.00. The maximum atomic E-state index is 11.0. The second-order valence-corrected chi connectivity index (χ2v) is 4.01. The van der Waals surface area contributed by atoms with Gasteiger partial charge in [-0.05, 0) is 29.3 Å². The fourth-order valence-electron chi connectivity index (χ4n) is 1.90. The van der Waals surface area contributed by atoms with E-state index in [9.17, 15) is 4.79 Å². The van der Waals surface area contributed by atoms with Gasteiger partial charge in [0.15, 0.2) is 0 Å². The van der Waals surface area contributed by atoms with Crippen LogP contribution in [-0.2, 0) is 0 Å². The molecule has 0 aliphatic carbocycles. The van der Waals surface area contributed by atoms with Crippen LogP contribution >= 0.6 is 0 Å². The molecule has 2 aromatic heterocycles. The molecule has 90 valence electrons. The number of nitrogens with zero attached hydrogens (tertiary/aromatic N) is 1. The third kappa shape index (κ3) is 1.75. The van der Waals surface area contributed by atoms with Crippen LogP contribution in [0.5, 0.6) is 0 Å². The third-order valence-corrected chi connectivity index (χ3v) is 2.84. The van der Waals surface area contributed by atoms with Gasteiger partial charge in [-0.25, -0.2) is 4.98 Å². The number of aromatic amines is 2. The molecule has 0 aliphatic heterocycles. The highest BCUT2D eigenvalue weighted by molar-refractivity contribution is 5.83. The summed E-state index contributed by atoms with van der Waals surface area (Å²) in [6, 6.07) is 9.26. The van der Waals surface area contributed by atoms with Gasteiger partial charge in [0, 0.05) is 19.3 Å². The summed E-state index contributed by atoms with van der Waals surface area (Å²) >= 11 is 0. The molecule has 0 aliphatic rings. The minimum absolute atomic E-state index is 0.0983. The first-order valence-electron chi connectivity index (χ1n) is 5.63. The fourth-order valence-corrected chi connectivity index (χ4v) is 1.90. The van der Waals surface area contributed by atoms with E-state index in [2.05, 4.69) is 20.3 Å². The van der Waals surface area contributed by atoms with Crippen LogP contribution in [0.1, 0.15) is 0 Å². The second kappa shape index (κ2) is 4.03. The molecule has 3 N–H and O–H groups in total. The van der Waals surface area contributed by atoms with Gasteiger partial charge in [0.1, 0.15) is 0 Å². The van der Waals surface area contributed by atoms with E-state index in [4.69, 9.17) is 0 Å². The van der Waals surface area contributed by atoms with Crippen molar-refractivity contribution in [1.29, 1.82) is 0 Å². The van der Waals surface area contributed by atoms with Gasteiger partial charge in [0.25, 0.3) is 0 Å². The van der Waals surface area contributed by atoms with Crippen molar-refractivity contribution in [3.8, 4) is 11.1 Å². The maximum absolute atomic E-state index is 11.0. The molecular weight excluding hydrogens is 228 g/mol. The monoisotopic (exact) mass is 240 g/mol. The van der Waals surface area contributed by atoms with Crippen LogP contribution in [0.25, 0.3) is 22.2 Å². The molecule has 0 spiro atoms. The van der Waals surface area contributed by atoms with E-state index in [1.165, 1.54) is 6.07 Å². The van der Waals surface area contributed by atoms with Crippen LogP contribution in [0.4, 0.5) is 5.95 Å². The standard InChI is InChI=1S/C13H12N4O/c1-14-13-16-10-4-2-8(6-11(10)17-13)9-3-5-12(18)15-7-9/h2-7H,1H3,(H,15,18)(H2,14,16,17). The van der Waals surface area contributed by atoms with E-state index < -0.39 is 0 Å². The van der Waals surface area contributed by atoms with Crippen molar-refractivity contribution in [2.45, 2.75) is 0 Å². The Kier molecular flexibility index (Phi) is 2.37. The number of aromatic nitrogens is 3. The average Bonchev–Trinajstić information content (AvgIpc) is 2.81. The van der Waals surface area contributed by atoms with E-state index in [1.54, 1.807) is 12.3 Å². The molecule has 0 unspecified atom stereocenters. The molecule has 0 amide bonds. The van der Waals surface area contributed by atoms with Gasteiger partial charge in [-0.3, -0.25) is 4.79 Å². The van der Waals surface area contributed by atoms with Gasteiger partial charge in [0.2, 0.25) is 11.5 Å². The number of anilines is 1. The van der Waals surface area contributed by atoms with Crippen molar-refractivity contribution in [1.82, 2.24) is 15.0 Å². The molecule has 18 heavy (non-hydrogen) atoms. The number of benzene rings is 1. The van der Waals surface area contributed by atoms with Gasteiger partial charge in [0.05, 0.1) is 11.0 Å². The van der Waals surface area contributed by atoms with Gasteiger partial charge < -0.3 is 15.3 Å². The number of hydrogen-bond donors (Lipinski definition) is 3. The van der Waals surface area contributed by atoms with Gasteiger partial charge >= 0.3 is 0 Å². The Balaban J connectivity index is 2.12. The number of rotatable bonds is 2. The summed E-state index contributed by atoms with van der Waals surface area (Å²) in [6.07, 6.45) is 1.71. The molecule has 0 fully saturated rings. The molecule has 1 aromatic carbocycles. The Bertz CT molecular complexity index is 737. The van der Waals surface area contributed by atoms with Crippen molar-refractivity contribution >= 4 is 17.0 Å². The molecule has 0 atom stereocenters. The summed E-state index contributed by atoms with van der Waals surface area (Å²) in [5, 5.41) is 2.97. The molecule has 0 bridgehead atoms. The predicted octanol–water partition coefficient (Wildman–Crippen LogP) is 1.96. The normalized spacial score (nSPS) is 10.7. The quantitative estimate of drug-likeness (QED) is 0.641. The van der Waals surface area contributed by atoms with E-state index in [1.807, 2.05) is 25.2 Å². The zero-order valence-electron chi connectivity index (χ0n) is 9.82. The number of imidazole rings is 1. The smallest absolute Gasteiger partial charge is 0.247 e. The number of nitrogens with one attached hydrogen (secondary N) is 3. The number of pyridine rings is 1. The molecule has 0 saturated carbocycles. The maximum Gasteiger partial charge on any atom is 0.247 e. The summed E-state index contributed by atoms with van der Waals surface area (Å²) in [6.45, 7) is 0. The first kappa shape index (κ1) is 10.6. The Morgan fingerprint density at radius 3 is 2.72 bits per heavy atom. The zero-order chi connectivity index (χ0) is 12.5. The van der Waals surface area contributed by atoms with E-state index >= 15 is 0 Å². The molecule has 5 heteroatoms. The van der Waals surface area contributed by atoms with Gasteiger partial charge in [-0.15, -0.1) is 0 Å². The van der Waals surface area contributed by atoms with Crippen molar-refractivity contribution in [2.24, 2.45) is 0 Å². The molecule has 0 saturated heterocycles. The summed E-state index contributed by atoms with van der Waals surface area (Å²) in [5.74, 6) is 0.739. The second-order valence-electron chi connectivity index (χ2n) is 4.01. The van der Waals surface area contributed by atoms with Crippen LogP contribution < -0.4 is 10.9 Å². The van der Waals surface area contributed by atoms with Crippen LogP contribution in [0, 0.1) is 0 Å². The Labute approximate surface area is 103 Å². The fraction of sp³-hybridized carbons (Fsp3) is 0.0769. The van der Waals surface area contributed by atoms with E-state index in [-0.39, 0.29) is 5.56 Å². The lowest BCUT2D eigenvalue weighted by Crippen LogP contribution is -2.01. The first-order valence-corrected chi connectivity index (χ1v) is 5.63. The van der Waals surface area contributed by atoms with Gasteiger partial charge in [-0.1, -0.05) is 6.07 Å². The SMILES string of the molecule is CNc1nc2ccc(-c3ccc(=O)[nH]c3)cc2[nH]1. The molecule has 5 nitrogen and oxygen atoms in total. The minimum atomic E-state index is -0.0983. The van der Waals surface area contributed by atoms with Crippen LogP contribution in [0.2, 0.25) is 0 Å². The average molecular weight is 240 g/mol. The first-order chi connectivity index (χ1) is 8.76. The number of H-pyrrole nitrogens is 2. The van der Waals surface area contributed by atoms with Crippen molar-refractivity contribution < 1.29 is 0 Å². The molecule has 0 radical (unpaired) electrons. The highest BCUT2D eigenvalue weighted by Gasteiger charge is 2.03. The van der Waals surface area contributed by atoms with E-state index in [0.29, 0.717) is 0 Å². The zero-order valence-corrected chi connectivity index (χ0v) is 9.82. The Morgan fingerprint density at radius 1 is 1.17 bits per heavy atom. The Hall–Kier alpha value is -2.56. The highest BCUT2D eigenvalue weighted by atomic mass is 16.1. The Morgan fingerprint density at radius 2 is 2.00 bits per heavy atom. The molecular formula is C13H12N4O. The predicted molar refractivity (Wildman–Crippen MR) is 71.7 cm³/mol. The lowest BCUT2D eigenvalue weighted by atomic mass is 10.1. The molecule has 3 aromatic rings. The highest BCUT2D eigenvalue weighted by Crippen LogP contribution is 2.22. The van der Waals surface area contributed by atoms with Crippen molar-refractivity contribution in [2.75, 3.05) is 12.4 Å². The topological polar surface area (TPSA) is 73.6 Å². The summed E-state index contributed by atoms with van der Waals surface area (Å²) in [4.78, 5) is 21.2. The summed E-state index contributed by atoms with van der Waals surface area (Å²) < 4.78 is 0.